The van der Waals surface area contributed by atoms with Crippen LogP contribution in [0.25, 0.3) is 0 Å². The maximum absolute atomic E-state index is 9.57. The summed E-state index contributed by atoms with van der Waals surface area (Å²) in [5.41, 5.74) is 3.67. The molecule has 3 heteroatoms. The highest BCUT2D eigenvalue weighted by atomic mass is 16.3. The summed E-state index contributed by atoms with van der Waals surface area (Å²) in [5.74, 6) is 0.195. The van der Waals surface area contributed by atoms with E-state index in [2.05, 4.69) is 36.5 Å². The normalized spacial score (nSPS) is 18.8. The van der Waals surface area contributed by atoms with Gasteiger partial charge in [0.25, 0.3) is 0 Å². The van der Waals surface area contributed by atoms with E-state index >= 15 is 0 Å². The van der Waals surface area contributed by atoms with E-state index in [-0.39, 0.29) is 17.5 Å². The van der Waals surface area contributed by atoms with Gasteiger partial charge in [0.2, 0.25) is 0 Å². The molecule has 2 aromatic carbocycles. The Balaban J connectivity index is 1.78. The molecular formula is C17H19NO2. The molecule has 2 atom stereocenters. The van der Waals surface area contributed by atoms with Crippen molar-refractivity contribution in [3.05, 3.63) is 59.2 Å². The maximum atomic E-state index is 9.57. The fourth-order valence-corrected chi connectivity index (χ4v) is 3.00. The Morgan fingerprint density at radius 3 is 2.55 bits per heavy atom. The number of hydrogen-bond acceptors (Lipinski definition) is 3. The molecule has 0 saturated heterocycles. The van der Waals surface area contributed by atoms with Crippen LogP contribution in [-0.2, 0) is 6.42 Å². The third-order valence-electron chi connectivity index (χ3n) is 4.01. The van der Waals surface area contributed by atoms with Crippen molar-refractivity contribution >= 4 is 0 Å². The quantitative estimate of drug-likeness (QED) is 0.800. The Morgan fingerprint density at radius 2 is 1.80 bits per heavy atom. The fourth-order valence-electron chi connectivity index (χ4n) is 3.00. The number of fused-ring (bicyclic) bond motifs is 1. The summed E-state index contributed by atoms with van der Waals surface area (Å²) in [5, 5.41) is 22.7. The molecule has 0 fully saturated rings. The molecule has 3 rings (SSSR count). The molecule has 0 amide bonds. The third-order valence-corrected chi connectivity index (χ3v) is 4.01. The summed E-state index contributed by atoms with van der Waals surface area (Å²) in [6, 6.07) is 13.7. The first-order chi connectivity index (χ1) is 9.63. The first-order valence-corrected chi connectivity index (χ1v) is 7.00. The molecule has 0 bridgehead atoms. The highest BCUT2D eigenvalue weighted by molar-refractivity contribution is 5.39. The summed E-state index contributed by atoms with van der Waals surface area (Å²) in [6.45, 7) is 2.05. The van der Waals surface area contributed by atoms with E-state index in [1.807, 2.05) is 0 Å². The molecule has 104 valence electrons. The monoisotopic (exact) mass is 269 g/mol. The van der Waals surface area contributed by atoms with Crippen molar-refractivity contribution < 1.29 is 10.2 Å². The Labute approximate surface area is 118 Å². The third kappa shape index (κ3) is 2.49. The van der Waals surface area contributed by atoms with Crippen molar-refractivity contribution in [3.63, 3.8) is 0 Å². The summed E-state index contributed by atoms with van der Waals surface area (Å²) < 4.78 is 0. The van der Waals surface area contributed by atoms with Crippen LogP contribution in [0.3, 0.4) is 0 Å². The van der Waals surface area contributed by atoms with Gasteiger partial charge >= 0.3 is 0 Å². The van der Waals surface area contributed by atoms with Crippen LogP contribution in [0.15, 0.2) is 42.5 Å². The molecule has 1 aliphatic carbocycles. The van der Waals surface area contributed by atoms with Crippen LogP contribution in [0.1, 0.15) is 42.1 Å². The maximum Gasteiger partial charge on any atom is 0.119 e. The zero-order chi connectivity index (χ0) is 14.1. The number of aromatic hydroxyl groups is 2. The van der Waals surface area contributed by atoms with E-state index in [1.54, 1.807) is 12.1 Å². The fraction of sp³-hybridized carbons (Fsp3) is 0.294. The van der Waals surface area contributed by atoms with Crippen LogP contribution in [0.5, 0.6) is 11.5 Å². The number of benzene rings is 2. The lowest BCUT2D eigenvalue weighted by Gasteiger charge is -2.21. The molecule has 0 aromatic heterocycles. The Bertz CT molecular complexity index is 604. The number of rotatable bonds is 3. The zero-order valence-electron chi connectivity index (χ0n) is 11.5. The Morgan fingerprint density at radius 1 is 1.10 bits per heavy atom. The second kappa shape index (κ2) is 5.17. The molecule has 3 N–H and O–H groups in total. The smallest absolute Gasteiger partial charge is 0.119 e. The van der Waals surface area contributed by atoms with Gasteiger partial charge in [-0.05, 0) is 48.6 Å². The average molecular weight is 269 g/mol. The second-order valence-corrected chi connectivity index (χ2v) is 5.46. The van der Waals surface area contributed by atoms with Gasteiger partial charge in [0, 0.05) is 18.2 Å². The minimum absolute atomic E-state index is 0.0733. The summed E-state index contributed by atoms with van der Waals surface area (Å²) in [7, 11) is 0. The van der Waals surface area contributed by atoms with Gasteiger partial charge in [0.05, 0.1) is 0 Å². The van der Waals surface area contributed by atoms with Crippen molar-refractivity contribution in [1.82, 2.24) is 5.32 Å². The lowest BCUT2D eigenvalue weighted by atomic mass is 10.0. The second-order valence-electron chi connectivity index (χ2n) is 5.46. The molecule has 1 aliphatic rings. The van der Waals surface area contributed by atoms with E-state index in [0.717, 1.165) is 18.4 Å². The Kier molecular flexibility index (Phi) is 3.36. The van der Waals surface area contributed by atoms with E-state index in [9.17, 15) is 10.2 Å². The van der Waals surface area contributed by atoms with Crippen molar-refractivity contribution in [3.8, 4) is 11.5 Å². The van der Waals surface area contributed by atoms with Gasteiger partial charge in [-0.2, -0.15) is 0 Å². The lowest BCUT2D eigenvalue weighted by Crippen LogP contribution is -2.22. The van der Waals surface area contributed by atoms with E-state index < -0.39 is 0 Å². The highest BCUT2D eigenvalue weighted by Gasteiger charge is 2.23. The summed E-state index contributed by atoms with van der Waals surface area (Å²) in [4.78, 5) is 0. The van der Waals surface area contributed by atoms with Gasteiger partial charge in [-0.15, -0.1) is 0 Å². The molecule has 20 heavy (non-hydrogen) atoms. The SMILES string of the molecule is CC(NC1CCc2ccccc21)c1cc(O)cc(O)c1. The van der Waals surface area contributed by atoms with E-state index in [4.69, 9.17) is 0 Å². The van der Waals surface area contributed by atoms with Gasteiger partial charge in [-0.3, -0.25) is 0 Å². The highest BCUT2D eigenvalue weighted by Crippen LogP contribution is 2.33. The lowest BCUT2D eigenvalue weighted by molar-refractivity contribution is 0.437. The molecule has 2 aromatic rings. The molecule has 0 saturated carbocycles. The summed E-state index contributed by atoms with van der Waals surface area (Å²) >= 11 is 0. The minimum Gasteiger partial charge on any atom is -0.508 e. The molecule has 3 nitrogen and oxygen atoms in total. The molecule has 0 radical (unpaired) electrons. The largest absolute Gasteiger partial charge is 0.508 e. The predicted molar refractivity (Wildman–Crippen MR) is 78.8 cm³/mol. The molecule has 0 aliphatic heterocycles. The minimum atomic E-state index is 0.0733. The van der Waals surface area contributed by atoms with Gasteiger partial charge in [0.15, 0.2) is 0 Å². The van der Waals surface area contributed by atoms with Crippen LogP contribution in [0.4, 0.5) is 0 Å². The van der Waals surface area contributed by atoms with Crippen molar-refractivity contribution in [2.45, 2.75) is 31.8 Å². The topological polar surface area (TPSA) is 52.5 Å². The van der Waals surface area contributed by atoms with Crippen molar-refractivity contribution in [2.24, 2.45) is 0 Å². The van der Waals surface area contributed by atoms with Crippen LogP contribution in [0.2, 0.25) is 0 Å². The van der Waals surface area contributed by atoms with Crippen molar-refractivity contribution in [2.75, 3.05) is 0 Å². The van der Waals surface area contributed by atoms with Gasteiger partial charge in [-0.1, -0.05) is 24.3 Å². The van der Waals surface area contributed by atoms with Gasteiger partial charge in [-0.25, -0.2) is 0 Å². The number of hydrogen-bond donors (Lipinski definition) is 3. The van der Waals surface area contributed by atoms with Crippen LogP contribution < -0.4 is 5.32 Å². The van der Waals surface area contributed by atoms with E-state index in [1.165, 1.54) is 17.2 Å². The first kappa shape index (κ1) is 13.0. The zero-order valence-corrected chi connectivity index (χ0v) is 11.5. The van der Waals surface area contributed by atoms with Crippen LogP contribution in [0, 0.1) is 0 Å². The molecule has 0 spiro atoms. The number of phenolic OH excluding ortho intramolecular Hbond substituents is 2. The predicted octanol–water partition coefficient (Wildman–Crippen LogP) is 3.44. The average Bonchev–Trinajstić information content (AvgIpc) is 2.81. The number of phenols is 2. The summed E-state index contributed by atoms with van der Waals surface area (Å²) in [6.07, 6.45) is 2.19. The van der Waals surface area contributed by atoms with E-state index in [0.29, 0.717) is 6.04 Å². The van der Waals surface area contributed by atoms with Gasteiger partial charge in [0.1, 0.15) is 11.5 Å². The first-order valence-electron chi connectivity index (χ1n) is 7.00. The van der Waals surface area contributed by atoms with Crippen LogP contribution >= 0.6 is 0 Å². The Hall–Kier alpha value is -2.00. The number of nitrogens with one attached hydrogen (secondary N) is 1. The van der Waals surface area contributed by atoms with Crippen LogP contribution in [-0.4, -0.2) is 10.2 Å². The molecular weight excluding hydrogens is 250 g/mol. The van der Waals surface area contributed by atoms with Crippen molar-refractivity contribution in [1.29, 1.82) is 0 Å². The standard InChI is InChI=1S/C17H19NO2/c1-11(13-8-14(19)10-15(20)9-13)18-17-7-6-12-4-2-3-5-16(12)17/h2-5,8-11,17-20H,6-7H2,1H3. The number of aryl methyl sites for hydroxylation is 1. The van der Waals surface area contributed by atoms with Gasteiger partial charge < -0.3 is 15.5 Å². The molecule has 2 unspecified atom stereocenters. The molecule has 0 heterocycles.